The van der Waals surface area contributed by atoms with Gasteiger partial charge in [0.05, 0.1) is 12.0 Å². The SMILES string of the molecule is COc1ccc(-n2c(C)ccc2/C=C2\SC(=O)N(CC(=O)Nc3ccc(C)c(C)c3)C2=O)cc1. The van der Waals surface area contributed by atoms with Crippen LogP contribution in [0.5, 0.6) is 5.75 Å². The second kappa shape index (κ2) is 9.61. The molecule has 1 aromatic heterocycles. The van der Waals surface area contributed by atoms with Gasteiger partial charge in [0.25, 0.3) is 11.1 Å². The maximum atomic E-state index is 13.0. The summed E-state index contributed by atoms with van der Waals surface area (Å²) in [6, 6.07) is 17.0. The third-order valence-corrected chi connectivity index (χ3v) is 6.59. The van der Waals surface area contributed by atoms with Crippen molar-refractivity contribution in [2.75, 3.05) is 19.0 Å². The number of ether oxygens (including phenoxy) is 1. The zero-order valence-electron chi connectivity index (χ0n) is 19.4. The van der Waals surface area contributed by atoms with E-state index in [-0.39, 0.29) is 11.4 Å². The molecule has 1 fully saturated rings. The molecule has 2 aromatic carbocycles. The first-order valence-electron chi connectivity index (χ1n) is 10.7. The van der Waals surface area contributed by atoms with Gasteiger partial charge in [-0.25, -0.2) is 0 Å². The van der Waals surface area contributed by atoms with Crippen LogP contribution in [0.3, 0.4) is 0 Å². The quantitative estimate of drug-likeness (QED) is 0.503. The molecule has 1 N–H and O–H groups in total. The monoisotopic (exact) mass is 475 g/mol. The van der Waals surface area contributed by atoms with E-state index in [1.165, 1.54) is 0 Å². The summed E-state index contributed by atoms with van der Waals surface area (Å²) in [7, 11) is 1.61. The second-order valence-electron chi connectivity index (χ2n) is 8.05. The summed E-state index contributed by atoms with van der Waals surface area (Å²) in [6.07, 6.45) is 1.68. The molecule has 3 aromatic rings. The summed E-state index contributed by atoms with van der Waals surface area (Å²) in [4.78, 5) is 39.2. The van der Waals surface area contributed by atoms with E-state index in [0.29, 0.717) is 5.69 Å². The molecule has 0 radical (unpaired) electrons. The fourth-order valence-corrected chi connectivity index (χ4v) is 4.51. The highest BCUT2D eigenvalue weighted by Crippen LogP contribution is 2.33. The Bertz CT molecular complexity index is 1310. The van der Waals surface area contributed by atoms with E-state index in [4.69, 9.17) is 4.74 Å². The number of imide groups is 1. The van der Waals surface area contributed by atoms with Crippen LogP contribution in [0.15, 0.2) is 59.5 Å². The average molecular weight is 476 g/mol. The van der Waals surface area contributed by atoms with Crippen molar-refractivity contribution >= 4 is 40.6 Å². The summed E-state index contributed by atoms with van der Waals surface area (Å²) in [6.45, 7) is 5.56. The maximum absolute atomic E-state index is 13.0. The first kappa shape index (κ1) is 23.4. The number of hydrogen-bond acceptors (Lipinski definition) is 5. The molecule has 174 valence electrons. The highest BCUT2D eigenvalue weighted by Gasteiger charge is 2.36. The predicted octanol–water partition coefficient (Wildman–Crippen LogP) is 5.09. The molecule has 0 unspecified atom stereocenters. The number of amides is 3. The molecule has 0 spiro atoms. The molecule has 0 bridgehead atoms. The van der Waals surface area contributed by atoms with E-state index in [0.717, 1.165) is 50.6 Å². The van der Waals surface area contributed by atoms with E-state index in [2.05, 4.69) is 5.32 Å². The lowest BCUT2D eigenvalue weighted by molar-refractivity contribution is -0.127. The maximum Gasteiger partial charge on any atom is 0.294 e. The van der Waals surface area contributed by atoms with Crippen molar-refractivity contribution in [3.8, 4) is 11.4 Å². The zero-order valence-corrected chi connectivity index (χ0v) is 20.2. The molecule has 34 heavy (non-hydrogen) atoms. The number of benzene rings is 2. The van der Waals surface area contributed by atoms with Crippen LogP contribution >= 0.6 is 11.8 Å². The van der Waals surface area contributed by atoms with Crippen LogP contribution < -0.4 is 10.1 Å². The number of anilines is 1. The van der Waals surface area contributed by atoms with Crippen molar-refractivity contribution in [3.05, 3.63) is 82.0 Å². The van der Waals surface area contributed by atoms with Crippen LogP contribution in [0.1, 0.15) is 22.5 Å². The molecule has 1 saturated heterocycles. The fraction of sp³-hybridized carbons (Fsp3) is 0.192. The summed E-state index contributed by atoms with van der Waals surface area (Å²) in [5.74, 6) is -0.162. The lowest BCUT2D eigenvalue weighted by atomic mass is 10.1. The first-order valence-corrected chi connectivity index (χ1v) is 11.5. The summed E-state index contributed by atoms with van der Waals surface area (Å²) in [5.41, 5.74) is 5.42. The smallest absolute Gasteiger partial charge is 0.294 e. The summed E-state index contributed by atoms with van der Waals surface area (Å²) >= 11 is 0.834. The Morgan fingerprint density at radius 2 is 1.74 bits per heavy atom. The van der Waals surface area contributed by atoms with Crippen molar-refractivity contribution in [3.63, 3.8) is 0 Å². The van der Waals surface area contributed by atoms with E-state index in [9.17, 15) is 14.4 Å². The van der Waals surface area contributed by atoms with Crippen LogP contribution in [-0.4, -0.2) is 40.2 Å². The highest BCUT2D eigenvalue weighted by atomic mass is 32.2. The van der Waals surface area contributed by atoms with Crippen molar-refractivity contribution in [2.24, 2.45) is 0 Å². The average Bonchev–Trinajstić information content (AvgIpc) is 3.30. The standard InChI is InChI=1S/C26H25N3O4S/c1-16-5-7-19(13-17(16)2)27-24(30)15-28-25(31)23(34-26(28)32)14-21-8-6-18(3)29(21)20-9-11-22(33-4)12-10-20/h5-14H,15H2,1-4H3,(H,27,30)/b23-14-. The molecule has 0 saturated carbocycles. The van der Waals surface area contributed by atoms with E-state index in [1.807, 2.05) is 73.9 Å². The Balaban J connectivity index is 1.52. The Labute approximate surface area is 202 Å². The molecule has 1 aliphatic rings. The molecule has 4 rings (SSSR count). The number of nitrogens with one attached hydrogen (secondary N) is 1. The topological polar surface area (TPSA) is 80.6 Å². The fourth-order valence-electron chi connectivity index (χ4n) is 3.69. The Kier molecular flexibility index (Phi) is 6.61. The van der Waals surface area contributed by atoms with Crippen molar-refractivity contribution < 1.29 is 19.1 Å². The molecule has 1 aliphatic heterocycles. The largest absolute Gasteiger partial charge is 0.497 e. The number of nitrogens with zero attached hydrogens (tertiary/aromatic N) is 2. The first-order chi connectivity index (χ1) is 16.3. The van der Waals surface area contributed by atoms with Gasteiger partial charge in [-0.2, -0.15) is 0 Å². The van der Waals surface area contributed by atoms with Crippen molar-refractivity contribution in [1.29, 1.82) is 0 Å². The minimum Gasteiger partial charge on any atom is -0.497 e. The van der Waals surface area contributed by atoms with Gasteiger partial charge in [0.15, 0.2) is 0 Å². The van der Waals surface area contributed by atoms with Crippen LogP contribution in [0.25, 0.3) is 11.8 Å². The van der Waals surface area contributed by atoms with Gasteiger partial charge < -0.3 is 14.6 Å². The van der Waals surface area contributed by atoms with Gasteiger partial charge in [-0.15, -0.1) is 0 Å². The summed E-state index contributed by atoms with van der Waals surface area (Å²) < 4.78 is 7.21. The molecule has 2 heterocycles. The van der Waals surface area contributed by atoms with Gasteiger partial charge in [0.1, 0.15) is 12.3 Å². The number of thioether (sulfide) groups is 1. The minimum absolute atomic E-state index is 0.275. The Hall–Kier alpha value is -3.78. The number of carbonyl (C=O) groups excluding carboxylic acids is 3. The van der Waals surface area contributed by atoms with Gasteiger partial charge >= 0.3 is 0 Å². The number of rotatable bonds is 6. The minimum atomic E-state index is -0.481. The Morgan fingerprint density at radius 1 is 1.00 bits per heavy atom. The third-order valence-electron chi connectivity index (χ3n) is 5.68. The molecule has 0 aliphatic carbocycles. The van der Waals surface area contributed by atoms with Gasteiger partial charge in [0.2, 0.25) is 5.91 Å². The molecule has 0 atom stereocenters. The van der Waals surface area contributed by atoms with Gasteiger partial charge in [-0.1, -0.05) is 6.07 Å². The zero-order chi connectivity index (χ0) is 24.4. The second-order valence-corrected chi connectivity index (χ2v) is 9.04. The van der Waals surface area contributed by atoms with Crippen molar-refractivity contribution in [1.82, 2.24) is 9.47 Å². The van der Waals surface area contributed by atoms with Gasteiger partial charge in [0, 0.05) is 22.8 Å². The molecule has 8 heteroatoms. The normalized spacial score (nSPS) is 14.7. The molecule has 3 amide bonds. The van der Waals surface area contributed by atoms with Crippen molar-refractivity contribution in [2.45, 2.75) is 20.8 Å². The van der Waals surface area contributed by atoms with Crippen LogP contribution in [-0.2, 0) is 9.59 Å². The van der Waals surface area contributed by atoms with Crippen LogP contribution in [0.2, 0.25) is 0 Å². The highest BCUT2D eigenvalue weighted by molar-refractivity contribution is 8.18. The number of hydrogen-bond donors (Lipinski definition) is 1. The van der Waals surface area contributed by atoms with Gasteiger partial charge in [-0.3, -0.25) is 19.3 Å². The lowest BCUT2D eigenvalue weighted by Gasteiger charge is -2.13. The van der Waals surface area contributed by atoms with E-state index >= 15 is 0 Å². The van der Waals surface area contributed by atoms with Crippen LogP contribution in [0.4, 0.5) is 10.5 Å². The van der Waals surface area contributed by atoms with Gasteiger partial charge in [-0.05, 0) is 98.3 Å². The number of carbonyl (C=O) groups is 3. The number of aromatic nitrogens is 1. The van der Waals surface area contributed by atoms with Crippen LogP contribution in [0, 0.1) is 20.8 Å². The molecular formula is C26H25N3O4S. The van der Waals surface area contributed by atoms with E-state index < -0.39 is 17.1 Å². The summed E-state index contributed by atoms with van der Waals surface area (Å²) in [5, 5.41) is 2.29. The molecular weight excluding hydrogens is 450 g/mol. The Morgan fingerprint density at radius 3 is 2.41 bits per heavy atom. The number of methoxy groups -OCH3 is 1. The molecule has 7 nitrogen and oxygen atoms in total. The predicted molar refractivity (Wildman–Crippen MR) is 134 cm³/mol. The van der Waals surface area contributed by atoms with E-state index in [1.54, 1.807) is 19.3 Å². The lowest BCUT2D eigenvalue weighted by Crippen LogP contribution is -2.36. The number of aryl methyl sites for hydroxylation is 3. The third kappa shape index (κ3) is 4.77.